The minimum absolute atomic E-state index is 0.00999. The summed E-state index contributed by atoms with van der Waals surface area (Å²) < 4.78 is 18.4. The van der Waals surface area contributed by atoms with E-state index in [4.69, 9.17) is 10.5 Å². The molecule has 1 heterocycles. The molecule has 0 aromatic heterocycles. The van der Waals surface area contributed by atoms with Crippen molar-refractivity contribution in [3.63, 3.8) is 0 Å². The summed E-state index contributed by atoms with van der Waals surface area (Å²) in [5.41, 5.74) is 7.03. The first-order valence-electron chi connectivity index (χ1n) is 5.48. The van der Waals surface area contributed by atoms with E-state index >= 15 is 0 Å². The lowest BCUT2D eigenvalue weighted by atomic mass is 10.0. The van der Waals surface area contributed by atoms with E-state index in [2.05, 4.69) is 4.90 Å². The van der Waals surface area contributed by atoms with Gasteiger partial charge in [0.2, 0.25) is 0 Å². The number of rotatable bonds is 2. The Morgan fingerprint density at radius 1 is 1.44 bits per heavy atom. The van der Waals surface area contributed by atoms with Crippen LogP contribution in [-0.4, -0.2) is 37.7 Å². The first-order valence-corrected chi connectivity index (χ1v) is 5.48. The van der Waals surface area contributed by atoms with Gasteiger partial charge in [0, 0.05) is 13.1 Å². The second kappa shape index (κ2) is 4.91. The van der Waals surface area contributed by atoms with E-state index in [0.29, 0.717) is 6.61 Å². The standard InChI is InChI=1S/C12H17FN2O/c1-15-6-7-16-11(8-15)12(14)9-2-4-10(13)5-3-9/h2-5,11-12H,6-8,14H2,1H3. The van der Waals surface area contributed by atoms with Gasteiger partial charge in [-0.3, -0.25) is 0 Å². The summed E-state index contributed by atoms with van der Waals surface area (Å²) in [7, 11) is 2.05. The van der Waals surface area contributed by atoms with Crippen molar-refractivity contribution in [3.8, 4) is 0 Å². The summed E-state index contributed by atoms with van der Waals surface area (Å²) in [5.74, 6) is -0.238. The van der Waals surface area contributed by atoms with E-state index in [-0.39, 0.29) is 18.0 Å². The molecular weight excluding hydrogens is 207 g/mol. The van der Waals surface area contributed by atoms with Crippen molar-refractivity contribution in [2.75, 3.05) is 26.7 Å². The molecule has 0 aliphatic carbocycles. The molecule has 0 bridgehead atoms. The number of halogens is 1. The number of hydrogen-bond donors (Lipinski definition) is 1. The van der Waals surface area contributed by atoms with E-state index < -0.39 is 0 Å². The van der Waals surface area contributed by atoms with E-state index in [1.165, 1.54) is 12.1 Å². The molecule has 0 radical (unpaired) electrons. The van der Waals surface area contributed by atoms with Gasteiger partial charge in [0.25, 0.3) is 0 Å². The van der Waals surface area contributed by atoms with Crippen molar-refractivity contribution < 1.29 is 9.13 Å². The predicted molar refractivity (Wildman–Crippen MR) is 60.6 cm³/mol. The van der Waals surface area contributed by atoms with Gasteiger partial charge >= 0.3 is 0 Å². The van der Waals surface area contributed by atoms with Crippen molar-refractivity contribution in [1.29, 1.82) is 0 Å². The van der Waals surface area contributed by atoms with Crippen LogP contribution in [0.15, 0.2) is 24.3 Å². The quantitative estimate of drug-likeness (QED) is 0.819. The third kappa shape index (κ3) is 2.58. The third-order valence-corrected chi connectivity index (χ3v) is 2.95. The van der Waals surface area contributed by atoms with Gasteiger partial charge in [-0.2, -0.15) is 0 Å². The molecule has 4 heteroatoms. The van der Waals surface area contributed by atoms with Gasteiger partial charge in [0.15, 0.2) is 0 Å². The monoisotopic (exact) mass is 224 g/mol. The maximum absolute atomic E-state index is 12.8. The molecule has 1 aliphatic rings. The van der Waals surface area contributed by atoms with Gasteiger partial charge in [-0.1, -0.05) is 12.1 Å². The van der Waals surface area contributed by atoms with E-state index in [0.717, 1.165) is 18.7 Å². The molecule has 2 unspecified atom stereocenters. The van der Waals surface area contributed by atoms with E-state index in [1.807, 2.05) is 7.05 Å². The molecule has 0 amide bonds. The highest BCUT2D eigenvalue weighted by atomic mass is 19.1. The zero-order valence-electron chi connectivity index (χ0n) is 9.40. The fourth-order valence-corrected chi connectivity index (χ4v) is 1.93. The average Bonchev–Trinajstić information content (AvgIpc) is 2.29. The summed E-state index contributed by atoms with van der Waals surface area (Å²) in [6, 6.07) is 6.11. The molecule has 0 spiro atoms. The normalized spacial score (nSPS) is 24.3. The van der Waals surface area contributed by atoms with Crippen LogP contribution >= 0.6 is 0 Å². The lowest BCUT2D eigenvalue weighted by Gasteiger charge is -2.33. The Morgan fingerprint density at radius 2 is 2.12 bits per heavy atom. The fraction of sp³-hybridized carbons (Fsp3) is 0.500. The molecule has 2 N–H and O–H groups in total. The van der Waals surface area contributed by atoms with Crippen molar-refractivity contribution in [2.45, 2.75) is 12.1 Å². The molecule has 16 heavy (non-hydrogen) atoms. The second-order valence-electron chi connectivity index (χ2n) is 4.25. The Balaban J connectivity index is 2.06. The van der Waals surface area contributed by atoms with Gasteiger partial charge < -0.3 is 15.4 Å². The minimum atomic E-state index is -0.238. The predicted octanol–water partition coefficient (Wildman–Crippen LogP) is 1.16. The molecule has 1 aliphatic heterocycles. The van der Waals surface area contributed by atoms with E-state index in [9.17, 15) is 4.39 Å². The van der Waals surface area contributed by atoms with Crippen LogP contribution in [0.3, 0.4) is 0 Å². The lowest BCUT2D eigenvalue weighted by molar-refractivity contribution is -0.0326. The van der Waals surface area contributed by atoms with Crippen LogP contribution in [0.4, 0.5) is 4.39 Å². The fourth-order valence-electron chi connectivity index (χ4n) is 1.93. The number of benzene rings is 1. The number of hydrogen-bond acceptors (Lipinski definition) is 3. The SMILES string of the molecule is CN1CCOC(C(N)c2ccc(F)cc2)C1. The summed E-state index contributed by atoms with van der Waals surface area (Å²) in [4.78, 5) is 2.19. The van der Waals surface area contributed by atoms with Gasteiger partial charge in [0.05, 0.1) is 18.8 Å². The number of morpholine rings is 1. The third-order valence-electron chi connectivity index (χ3n) is 2.95. The zero-order chi connectivity index (χ0) is 11.5. The zero-order valence-corrected chi connectivity index (χ0v) is 9.40. The first-order chi connectivity index (χ1) is 7.66. The molecule has 1 aromatic carbocycles. The first kappa shape index (κ1) is 11.5. The molecule has 88 valence electrons. The highest BCUT2D eigenvalue weighted by molar-refractivity contribution is 5.20. The molecular formula is C12H17FN2O. The Bertz CT molecular complexity index is 341. The average molecular weight is 224 g/mol. The van der Waals surface area contributed by atoms with Crippen LogP contribution in [0.25, 0.3) is 0 Å². The molecule has 1 fully saturated rings. The molecule has 2 rings (SSSR count). The summed E-state index contributed by atoms with van der Waals surface area (Å²) in [5, 5.41) is 0. The van der Waals surface area contributed by atoms with Gasteiger partial charge in [0.1, 0.15) is 5.82 Å². The molecule has 1 saturated heterocycles. The number of nitrogens with zero attached hydrogens (tertiary/aromatic N) is 1. The summed E-state index contributed by atoms with van der Waals surface area (Å²) >= 11 is 0. The highest BCUT2D eigenvalue weighted by Gasteiger charge is 2.25. The highest BCUT2D eigenvalue weighted by Crippen LogP contribution is 2.19. The van der Waals surface area contributed by atoms with Crippen molar-refractivity contribution in [3.05, 3.63) is 35.6 Å². The van der Waals surface area contributed by atoms with Crippen LogP contribution in [0.2, 0.25) is 0 Å². The van der Waals surface area contributed by atoms with Crippen molar-refractivity contribution >= 4 is 0 Å². The van der Waals surface area contributed by atoms with E-state index in [1.54, 1.807) is 12.1 Å². The maximum Gasteiger partial charge on any atom is 0.123 e. The second-order valence-corrected chi connectivity index (χ2v) is 4.25. The number of likely N-dealkylation sites (N-methyl/N-ethyl adjacent to an activating group) is 1. The van der Waals surface area contributed by atoms with Gasteiger partial charge in [-0.15, -0.1) is 0 Å². The van der Waals surface area contributed by atoms with Crippen LogP contribution < -0.4 is 5.73 Å². The Hall–Kier alpha value is -0.970. The van der Waals surface area contributed by atoms with Crippen LogP contribution in [0.5, 0.6) is 0 Å². The number of nitrogens with two attached hydrogens (primary N) is 1. The molecule has 3 nitrogen and oxygen atoms in total. The van der Waals surface area contributed by atoms with Crippen LogP contribution in [0.1, 0.15) is 11.6 Å². The van der Waals surface area contributed by atoms with Crippen molar-refractivity contribution in [1.82, 2.24) is 4.90 Å². The Morgan fingerprint density at radius 3 is 2.75 bits per heavy atom. The molecule has 1 aromatic rings. The largest absolute Gasteiger partial charge is 0.374 e. The van der Waals surface area contributed by atoms with Crippen LogP contribution in [0, 0.1) is 5.82 Å². The Kier molecular flexibility index (Phi) is 3.53. The molecule has 2 atom stereocenters. The smallest absolute Gasteiger partial charge is 0.123 e. The topological polar surface area (TPSA) is 38.5 Å². The lowest BCUT2D eigenvalue weighted by Crippen LogP contribution is -2.45. The maximum atomic E-state index is 12.8. The summed E-state index contributed by atoms with van der Waals surface area (Å²) in [6.45, 7) is 2.46. The number of ether oxygens (including phenoxy) is 1. The van der Waals surface area contributed by atoms with Crippen molar-refractivity contribution in [2.24, 2.45) is 5.73 Å². The van der Waals surface area contributed by atoms with Gasteiger partial charge in [-0.25, -0.2) is 4.39 Å². The van der Waals surface area contributed by atoms with Crippen LogP contribution in [-0.2, 0) is 4.74 Å². The Labute approximate surface area is 95.0 Å². The van der Waals surface area contributed by atoms with Gasteiger partial charge in [-0.05, 0) is 24.7 Å². The summed E-state index contributed by atoms with van der Waals surface area (Å²) in [6.07, 6.45) is -0.00999. The molecule has 0 saturated carbocycles. The minimum Gasteiger partial charge on any atom is -0.374 e.